The van der Waals surface area contributed by atoms with Crippen LogP contribution < -0.4 is 0 Å². The van der Waals surface area contributed by atoms with Crippen LogP contribution in [0.15, 0.2) is 24.5 Å². The molecule has 0 N–H and O–H groups in total. The molecular formula is C17H29N3. The van der Waals surface area contributed by atoms with E-state index in [-0.39, 0.29) is 0 Å². The zero-order valence-corrected chi connectivity index (χ0v) is 13.3. The summed E-state index contributed by atoms with van der Waals surface area (Å²) in [7, 11) is 2.23. The minimum atomic E-state index is 0.758. The molecule has 1 aromatic heterocycles. The van der Waals surface area contributed by atoms with Gasteiger partial charge in [-0.2, -0.15) is 0 Å². The molecule has 0 aliphatic carbocycles. The molecule has 0 radical (unpaired) electrons. The standard InChI is InChI=1S/C17H29N3/c1-4-6-15(2)20-10-8-17(14-20)13-19(3)12-16-7-5-9-18-11-16/h5,7,9,11,15,17H,4,6,8,10,12-14H2,1-3H3. The van der Waals surface area contributed by atoms with Crippen LogP contribution in [0.5, 0.6) is 0 Å². The number of pyridine rings is 1. The third-order valence-corrected chi connectivity index (χ3v) is 4.39. The predicted octanol–water partition coefficient (Wildman–Crippen LogP) is 3.02. The smallest absolute Gasteiger partial charge is 0.0312 e. The number of hydrogen-bond donors (Lipinski definition) is 0. The highest BCUT2D eigenvalue weighted by Gasteiger charge is 2.26. The van der Waals surface area contributed by atoms with Crippen molar-refractivity contribution >= 4 is 0 Å². The second kappa shape index (κ2) is 7.75. The van der Waals surface area contributed by atoms with E-state index in [9.17, 15) is 0 Å². The molecule has 3 nitrogen and oxygen atoms in total. The van der Waals surface area contributed by atoms with Crippen molar-refractivity contribution in [3.63, 3.8) is 0 Å². The third kappa shape index (κ3) is 4.57. The molecule has 1 saturated heterocycles. The average Bonchev–Trinajstić information content (AvgIpc) is 2.88. The van der Waals surface area contributed by atoms with Crippen LogP contribution in [0.25, 0.3) is 0 Å². The summed E-state index contributed by atoms with van der Waals surface area (Å²) in [6.45, 7) is 9.43. The third-order valence-electron chi connectivity index (χ3n) is 4.39. The van der Waals surface area contributed by atoms with Gasteiger partial charge in [0.25, 0.3) is 0 Å². The minimum absolute atomic E-state index is 0.758. The maximum atomic E-state index is 4.19. The first-order valence-corrected chi connectivity index (χ1v) is 8.00. The molecule has 0 saturated carbocycles. The molecule has 2 heterocycles. The second-order valence-corrected chi connectivity index (χ2v) is 6.35. The highest BCUT2D eigenvalue weighted by molar-refractivity contribution is 5.07. The highest BCUT2D eigenvalue weighted by Crippen LogP contribution is 2.21. The van der Waals surface area contributed by atoms with Gasteiger partial charge < -0.3 is 9.80 Å². The van der Waals surface area contributed by atoms with Crippen molar-refractivity contribution in [1.29, 1.82) is 0 Å². The molecule has 0 amide bonds. The number of aromatic nitrogens is 1. The molecule has 0 spiro atoms. The van der Waals surface area contributed by atoms with Crippen molar-refractivity contribution in [1.82, 2.24) is 14.8 Å². The van der Waals surface area contributed by atoms with Crippen molar-refractivity contribution in [3.05, 3.63) is 30.1 Å². The molecule has 2 atom stereocenters. The predicted molar refractivity (Wildman–Crippen MR) is 84.6 cm³/mol. The van der Waals surface area contributed by atoms with E-state index in [2.05, 4.69) is 41.7 Å². The maximum Gasteiger partial charge on any atom is 0.0312 e. The Kier molecular flexibility index (Phi) is 5.99. The van der Waals surface area contributed by atoms with Crippen LogP contribution in [0.2, 0.25) is 0 Å². The summed E-state index contributed by atoms with van der Waals surface area (Å²) in [5.74, 6) is 0.830. The lowest BCUT2D eigenvalue weighted by Gasteiger charge is -2.25. The Morgan fingerprint density at radius 2 is 2.35 bits per heavy atom. The van der Waals surface area contributed by atoms with E-state index < -0.39 is 0 Å². The lowest BCUT2D eigenvalue weighted by molar-refractivity contribution is 0.218. The van der Waals surface area contributed by atoms with Crippen LogP contribution in [-0.2, 0) is 6.54 Å². The van der Waals surface area contributed by atoms with Gasteiger partial charge in [-0.05, 0) is 50.9 Å². The lowest BCUT2D eigenvalue weighted by Crippen LogP contribution is -2.33. The Bertz CT molecular complexity index is 379. The number of rotatable bonds is 7. The summed E-state index contributed by atoms with van der Waals surface area (Å²) in [5.41, 5.74) is 1.31. The van der Waals surface area contributed by atoms with Gasteiger partial charge in [0.1, 0.15) is 0 Å². The largest absolute Gasteiger partial charge is 0.302 e. The zero-order chi connectivity index (χ0) is 14.4. The first-order valence-electron chi connectivity index (χ1n) is 8.00. The molecule has 1 aromatic rings. The Morgan fingerprint density at radius 3 is 3.05 bits per heavy atom. The number of hydrogen-bond acceptors (Lipinski definition) is 3. The quantitative estimate of drug-likeness (QED) is 0.762. The Balaban J connectivity index is 1.74. The number of likely N-dealkylation sites (tertiary alicyclic amines) is 1. The number of nitrogens with zero attached hydrogens (tertiary/aromatic N) is 3. The molecule has 2 rings (SSSR count). The Labute approximate surface area is 124 Å². The van der Waals surface area contributed by atoms with E-state index in [1.807, 2.05) is 18.5 Å². The molecular weight excluding hydrogens is 246 g/mol. The molecule has 112 valence electrons. The van der Waals surface area contributed by atoms with Crippen molar-refractivity contribution in [2.45, 2.75) is 45.7 Å². The zero-order valence-electron chi connectivity index (χ0n) is 13.3. The maximum absolute atomic E-state index is 4.19. The second-order valence-electron chi connectivity index (χ2n) is 6.35. The van der Waals surface area contributed by atoms with Crippen LogP contribution in [-0.4, -0.2) is 47.5 Å². The van der Waals surface area contributed by atoms with Gasteiger partial charge in [-0.3, -0.25) is 4.98 Å². The average molecular weight is 275 g/mol. The SMILES string of the molecule is CCCC(C)N1CCC(CN(C)Cc2cccnc2)C1. The van der Waals surface area contributed by atoms with E-state index in [0.29, 0.717) is 0 Å². The molecule has 0 aromatic carbocycles. The molecule has 1 aliphatic heterocycles. The van der Waals surface area contributed by atoms with Gasteiger partial charge in [0.2, 0.25) is 0 Å². The van der Waals surface area contributed by atoms with E-state index in [1.54, 1.807) is 0 Å². The summed E-state index contributed by atoms with van der Waals surface area (Å²) in [5, 5.41) is 0. The van der Waals surface area contributed by atoms with Gasteiger partial charge in [0.05, 0.1) is 0 Å². The molecule has 0 bridgehead atoms. The normalized spacial score (nSPS) is 21.5. The fourth-order valence-electron chi connectivity index (χ4n) is 3.32. The first kappa shape index (κ1) is 15.5. The van der Waals surface area contributed by atoms with Crippen LogP contribution in [0, 0.1) is 5.92 Å². The van der Waals surface area contributed by atoms with Crippen LogP contribution in [0.3, 0.4) is 0 Å². The van der Waals surface area contributed by atoms with Crippen LogP contribution >= 0.6 is 0 Å². The Hall–Kier alpha value is -0.930. The van der Waals surface area contributed by atoms with Crippen molar-refractivity contribution in [2.75, 3.05) is 26.7 Å². The fraction of sp³-hybridized carbons (Fsp3) is 0.706. The van der Waals surface area contributed by atoms with E-state index in [1.165, 1.54) is 44.5 Å². The Morgan fingerprint density at radius 1 is 1.50 bits per heavy atom. The van der Waals surface area contributed by atoms with Crippen molar-refractivity contribution in [2.24, 2.45) is 5.92 Å². The first-order chi connectivity index (χ1) is 9.69. The molecule has 1 fully saturated rings. The summed E-state index contributed by atoms with van der Waals surface area (Å²) in [6, 6.07) is 4.94. The van der Waals surface area contributed by atoms with Gasteiger partial charge in [-0.1, -0.05) is 19.4 Å². The minimum Gasteiger partial charge on any atom is -0.302 e. The summed E-state index contributed by atoms with van der Waals surface area (Å²) in [4.78, 5) is 9.30. The van der Waals surface area contributed by atoms with Gasteiger partial charge in [-0.15, -0.1) is 0 Å². The van der Waals surface area contributed by atoms with Crippen LogP contribution in [0.1, 0.15) is 38.7 Å². The summed E-state index contributed by atoms with van der Waals surface area (Å²) < 4.78 is 0. The fourth-order valence-corrected chi connectivity index (χ4v) is 3.32. The van der Waals surface area contributed by atoms with E-state index >= 15 is 0 Å². The highest BCUT2D eigenvalue weighted by atomic mass is 15.2. The van der Waals surface area contributed by atoms with Crippen molar-refractivity contribution < 1.29 is 0 Å². The van der Waals surface area contributed by atoms with Crippen LogP contribution in [0.4, 0.5) is 0 Å². The summed E-state index contributed by atoms with van der Waals surface area (Å²) >= 11 is 0. The molecule has 20 heavy (non-hydrogen) atoms. The van der Waals surface area contributed by atoms with Gasteiger partial charge in [0, 0.05) is 38.1 Å². The topological polar surface area (TPSA) is 19.4 Å². The molecule has 3 heteroatoms. The van der Waals surface area contributed by atoms with Gasteiger partial charge in [-0.25, -0.2) is 0 Å². The molecule has 2 unspecified atom stereocenters. The lowest BCUT2D eigenvalue weighted by atomic mass is 10.1. The molecule has 1 aliphatic rings. The van der Waals surface area contributed by atoms with Gasteiger partial charge >= 0.3 is 0 Å². The van der Waals surface area contributed by atoms with E-state index in [4.69, 9.17) is 0 Å². The van der Waals surface area contributed by atoms with E-state index in [0.717, 1.165) is 18.5 Å². The monoisotopic (exact) mass is 275 g/mol. The van der Waals surface area contributed by atoms with Crippen molar-refractivity contribution in [3.8, 4) is 0 Å². The van der Waals surface area contributed by atoms with Gasteiger partial charge in [0.15, 0.2) is 0 Å². The summed E-state index contributed by atoms with van der Waals surface area (Å²) in [6.07, 6.45) is 7.79.